The Morgan fingerprint density at radius 3 is 2.38 bits per heavy atom. The molecule has 0 fully saturated rings. The lowest BCUT2D eigenvalue weighted by Gasteiger charge is -2.10. The number of hydrogen-bond donors (Lipinski definition) is 1. The summed E-state index contributed by atoms with van der Waals surface area (Å²) in [6.45, 7) is 3.63. The standard InChI is InChI=1S/C17H15ClN2O3S/c1-11-3-8-16(15(18)9-11)20-24(21,22)14-6-4-13(5-7-14)17-10-19-12(2)23-17/h3-10,20H,1-2H3. The highest BCUT2D eigenvalue weighted by Gasteiger charge is 2.16. The number of benzene rings is 2. The molecule has 0 aliphatic rings. The average molecular weight is 363 g/mol. The number of nitrogens with zero attached hydrogens (tertiary/aromatic N) is 1. The topological polar surface area (TPSA) is 72.2 Å². The number of oxazole rings is 1. The summed E-state index contributed by atoms with van der Waals surface area (Å²) in [5.74, 6) is 1.14. The molecule has 0 spiro atoms. The molecular formula is C17H15ClN2O3S. The van der Waals surface area contributed by atoms with Crippen molar-refractivity contribution in [3.63, 3.8) is 0 Å². The van der Waals surface area contributed by atoms with Crippen LogP contribution in [0.5, 0.6) is 0 Å². The van der Waals surface area contributed by atoms with Crippen LogP contribution < -0.4 is 4.72 Å². The van der Waals surface area contributed by atoms with Crippen LogP contribution in [0.25, 0.3) is 11.3 Å². The van der Waals surface area contributed by atoms with Crippen molar-refractivity contribution in [2.45, 2.75) is 18.7 Å². The Labute approximate surface area is 145 Å². The molecule has 5 nitrogen and oxygen atoms in total. The number of halogens is 1. The number of nitrogens with one attached hydrogen (secondary N) is 1. The molecule has 2 aromatic carbocycles. The van der Waals surface area contributed by atoms with Crippen LogP contribution in [0.4, 0.5) is 5.69 Å². The minimum absolute atomic E-state index is 0.138. The molecule has 0 bridgehead atoms. The Kier molecular flexibility index (Phi) is 4.34. The van der Waals surface area contributed by atoms with Crippen molar-refractivity contribution >= 4 is 27.3 Å². The van der Waals surface area contributed by atoms with Gasteiger partial charge in [0.05, 0.1) is 21.8 Å². The molecule has 7 heteroatoms. The van der Waals surface area contributed by atoms with Gasteiger partial charge in [-0.2, -0.15) is 0 Å². The van der Waals surface area contributed by atoms with E-state index < -0.39 is 10.0 Å². The average Bonchev–Trinajstić information content (AvgIpc) is 2.97. The van der Waals surface area contributed by atoms with E-state index in [2.05, 4.69) is 9.71 Å². The molecule has 0 amide bonds. The second-order valence-corrected chi connectivity index (χ2v) is 7.45. The van der Waals surface area contributed by atoms with Crippen molar-refractivity contribution in [2.24, 2.45) is 0 Å². The summed E-state index contributed by atoms with van der Waals surface area (Å²) in [7, 11) is -3.72. The largest absolute Gasteiger partial charge is 0.441 e. The zero-order chi connectivity index (χ0) is 17.3. The molecule has 0 aliphatic heterocycles. The lowest BCUT2D eigenvalue weighted by Crippen LogP contribution is -2.13. The lowest BCUT2D eigenvalue weighted by atomic mass is 10.2. The van der Waals surface area contributed by atoms with Gasteiger partial charge in [0.25, 0.3) is 10.0 Å². The molecule has 1 N–H and O–H groups in total. The highest BCUT2D eigenvalue weighted by molar-refractivity contribution is 7.92. The number of rotatable bonds is 4. The fourth-order valence-corrected chi connectivity index (χ4v) is 3.62. The third-order valence-electron chi connectivity index (χ3n) is 3.44. The molecule has 124 valence electrons. The maximum Gasteiger partial charge on any atom is 0.261 e. The summed E-state index contributed by atoms with van der Waals surface area (Å²) in [5, 5.41) is 0.354. The third-order valence-corrected chi connectivity index (χ3v) is 5.13. The molecule has 3 aromatic rings. The molecule has 1 heterocycles. The van der Waals surface area contributed by atoms with Crippen molar-refractivity contribution in [3.05, 3.63) is 65.1 Å². The molecule has 0 saturated heterocycles. The lowest BCUT2D eigenvalue weighted by molar-refractivity contribution is 0.534. The SMILES string of the molecule is Cc1ccc(NS(=O)(=O)c2ccc(-c3cnc(C)o3)cc2)c(Cl)c1. The molecule has 24 heavy (non-hydrogen) atoms. The number of aromatic nitrogens is 1. The fraction of sp³-hybridized carbons (Fsp3) is 0.118. The van der Waals surface area contributed by atoms with E-state index in [0.717, 1.165) is 11.1 Å². The van der Waals surface area contributed by atoms with Gasteiger partial charge in [-0.25, -0.2) is 13.4 Å². The van der Waals surface area contributed by atoms with Crippen LogP contribution in [-0.4, -0.2) is 13.4 Å². The van der Waals surface area contributed by atoms with Gasteiger partial charge in [-0.15, -0.1) is 0 Å². The monoisotopic (exact) mass is 362 g/mol. The van der Waals surface area contributed by atoms with E-state index in [0.29, 0.717) is 22.4 Å². The number of aryl methyl sites for hydroxylation is 2. The Bertz CT molecular complexity index is 979. The molecule has 0 saturated carbocycles. The van der Waals surface area contributed by atoms with Crippen molar-refractivity contribution in [1.29, 1.82) is 0 Å². The van der Waals surface area contributed by atoms with Gasteiger partial charge in [-0.05, 0) is 48.9 Å². The molecule has 0 atom stereocenters. The van der Waals surface area contributed by atoms with E-state index >= 15 is 0 Å². The van der Waals surface area contributed by atoms with E-state index in [1.165, 1.54) is 12.1 Å². The maximum absolute atomic E-state index is 12.5. The van der Waals surface area contributed by atoms with Gasteiger partial charge in [0.2, 0.25) is 0 Å². The minimum atomic E-state index is -3.72. The van der Waals surface area contributed by atoms with Gasteiger partial charge >= 0.3 is 0 Å². The highest BCUT2D eigenvalue weighted by Crippen LogP contribution is 2.27. The Morgan fingerprint density at radius 2 is 1.79 bits per heavy atom. The molecule has 0 radical (unpaired) electrons. The van der Waals surface area contributed by atoms with Gasteiger partial charge < -0.3 is 4.42 Å². The van der Waals surface area contributed by atoms with Crippen molar-refractivity contribution < 1.29 is 12.8 Å². The number of hydrogen-bond acceptors (Lipinski definition) is 4. The number of anilines is 1. The van der Waals surface area contributed by atoms with E-state index in [4.69, 9.17) is 16.0 Å². The van der Waals surface area contributed by atoms with Crippen molar-refractivity contribution in [3.8, 4) is 11.3 Å². The van der Waals surface area contributed by atoms with Crippen LogP contribution in [-0.2, 0) is 10.0 Å². The molecular weight excluding hydrogens is 348 g/mol. The first-order chi connectivity index (χ1) is 11.3. The van der Waals surface area contributed by atoms with Gasteiger partial charge in [-0.1, -0.05) is 17.7 Å². The quantitative estimate of drug-likeness (QED) is 0.746. The maximum atomic E-state index is 12.5. The second-order valence-electron chi connectivity index (χ2n) is 5.36. The predicted octanol–water partition coefficient (Wildman–Crippen LogP) is 4.41. The van der Waals surface area contributed by atoms with E-state index in [-0.39, 0.29) is 4.90 Å². The van der Waals surface area contributed by atoms with E-state index in [1.54, 1.807) is 43.5 Å². The summed E-state index contributed by atoms with van der Waals surface area (Å²) in [6.07, 6.45) is 1.60. The zero-order valence-electron chi connectivity index (χ0n) is 13.1. The summed E-state index contributed by atoms with van der Waals surface area (Å²) < 4.78 is 32.9. The zero-order valence-corrected chi connectivity index (χ0v) is 14.6. The smallest absolute Gasteiger partial charge is 0.261 e. The Balaban J connectivity index is 1.87. The van der Waals surface area contributed by atoms with Crippen LogP contribution in [0.15, 0.2) is 58.0 Å². The summed E-state index contributed by atoms with van der Waals surface area (Å²) in [6, 6.07) is 11.5. The molecule has 0 unspecified atom stereocenters. The first-order valence-corrected chi connectivity index (χ1v) is 9.03. The van der Waals surface area contributed by atoms with Gasteiger partial charge in [0.1, 0.15) is 0 Å². The third kappa shape index (κ3) is 3.44. The summed E-state index contributed by atoms with van der Waals surface area (Å²) >= 11 is 6.08. The van der Waals surface area contributed by atoms with E-state index in [1.807, 2.05) is 6.92 Å². The predicted molar refractivity (Wildman–Crippen MR) is 93.7 cm³/mol. The first kappa shape index (κ1) is 16.5. The minimum Gasteiger partial charge on any atom is -0.441 e. The number of sulfonamides is 1. The van der Waals surface area contributed by atoms with Crippen molar-refractivity contribution in [2.75, 3.05) is 4.72 Å². The molecule has 0 aliphatic carbocycles. The van der Waals surface area contributed by atoms with Gasteiger partial charge in [0, 0.05) is 12.5 Å². The Morgan fingerprint density at radius 1 is 1.08 bits per heavy atom. The van der Waals surface area contributed by atoms with Crippen LogP contribution in [0.1, 0.15) is 11.5 Å². The summed E-state index contributed by atoms with van der Waals surface area (Å²) in [4.78, 5) is 4.16. The van der Waals surface area contributed by atoms with Crippen LogP contribution in [0.2, 0.25) is 5.02 Å². The van der Waals surface area contributed by atoms with E-state index in [9.17, 15) is 8.42 Å². The highest BCUT2D eigenvalue weighted by atomic mass is 35.5. The van der Waals surface area contributed by atoms with Crippen LogP contribution in [0, 0.1) is 13.8 Å². The second kappa shape index (κ2) is 6.30. The molecule has 3 rings (SSSR count). The van der Waals surface area contributed by atoms with Crippen LogP contribution >= 0.6 is 11.6 Å². The fourth-order valence-electron chi connectivity index (χ4n) is 2.20. The van der Waals surface area contributed by atoms with Crippen LogP contribution in [0.3, 0.4) is 0 Å². The van der Waals surface area contributed by atoms with Crippen molar-refractivity contribution in [1.82, 2.24) is 4.98 Å². The van der Waals surface area contributed by atoms with Gasteiger partial charge in [0.15, 0.2) is 11.7 Å². The summed E-state index contributed by atoms with van der Waals surface area (Å²) in [5.41, 5.74) is 2.05. The first-order valence-electron chi connectivity index (χ1n) is 7.17. The normalized spacial score (nSPS) is 11.5. The molecule has 1 aromatic heterocycles. The Hall–Kier alpha value is -2.31. The van der Waals surface area contributed by atoms with Gasteiger partial charge in [-0.3, -0.25) is 4.72 Å².